The zero-order valence-electron chi connectivity index (χ0n) is 17.4. The van der Waals surface area contributed by atoms with Gasteiger partial charge in [-0.25, -0.2) is 9.97 Å². The fourth-order valence-electron chi connectivity index (χ4n) is 4.55. The van der Waals surface area contributed by atoms with Gasteiger partial charge in [0.1, 0.15) is 11.5 Å². The van der Waals surface area contributed by atoms with Crippen LogP contribution in [-0.2, 0) is 11.0 Å². The first-order valence-electron chi connectivity index (χ1n) is 10.9. The molecule has 2 fully saturated rings. The van der Waals surface area contributed by atoms with Gasteiger partial charge in [0, 0.05) is 31.5 Å². The molecular weight excluding hydrogens is 419 g/mol. The first-order valence-corrected chi connectivity index (χ1v) is 10.9. The number of rotatable bonds is 5. The molecular formula is C23H24F3N5O. The van der Waals surface area contributed by atoms with Gasteiger partial charge in [0.25, 0.3) is 0 Å². The lowest BCUT2D eigenvalue weighted by Gasteiger charge is -2.34. The van der Waals surface area contributed by atoms with Crippen molar-refractivity contribution in [3.8, 4) is 0 Å². The smallest absolute Gasteiger partial charge is 0.368 e. The number of carbonyl (C=O) groups is 1. The molecule has 0 spiro atoms. The minimum atomic E-state index is -4.44. The average molecular weight is 443 g/mol. The van der Waals surface area contributed by atoms with E-state index in [1.807, 2.05) is 29.2 Å². The van der Waals surface area contributed by atoms with Crippen LogP contribution in [0.2, 0.25) is 0 Å². The Bertz CT molecular complexity index is 1080. The van der Waals surface area contributed by atoms with E-state index in [0.29, 0.717) is 18.7 Å². The number of fused-ring (bicyclic) bond motifs is 1. The van der Waals surface area contributed by atoms with Crippen LogP contribution >= 0.6 is 0 Å². The number of amides is 1. The molecule has 1 aliphatic heterocycles. The summed E-state index contributed by atoms with van der Waals surface area (Å²) >= 11 is 0. The quantitative estimate of drug-likeness (QED) is 0.618. The van der Waals surface area contributed by atoms with Crippen molar-refractivity contribution < 1.29 is 18.0 Å². The predicted molar refractivity (Wildman–Crippen MR) is 114 cm³/mol. The number of hydrogen-bond donors (Lipinski definition) is 2. The number of carbonyl (C=O) groups excluding carboxylic acids is 1. The molecule has 6 nitrogen and oxygen atoms in total. The number of benzene rings is 1. The number of aromatic nitrogens is 3. The molecule has 5 rings (SSSR count). The van der Waals surface area contributed by atoms with Gasteiger partial charge in [0.15, 0.2) is 0 Å². The van der Waals surface area contributed by atoms with E-state index in [0.717, 1.165) is 48.7 Å². The third kappa shape index (κ3) is 4.42. The van der Waals surface area contributed by atoms with Crippen LogP contribution in [0.4, 0.5) is 18.9 Å². The molecule has 0 bridgehead atoms. The second-order valence-corrected chi connectivity index (χ2v) is 8.70. The van der Waals surface area contributed by atoms with Crippen LogP contribution < -0.4 is 10.2 Å². The molecule has 2 aromatic heterocycles. The number of para-hydroxylation sites is 2. The number of aromatic amines is 1. The Morgan fingerprint density at radius 2 is 2.06 bits per heavy atom. The van der Waals surface area contributed by atoms with E-state index < -0.39 is 11.9 Å². The fraction of sp³-hybridized carbons (Fsp3) is 0.435. The van der Waals surface area contributed by atoms with Crippen LogP contribution in [0, 0.1) is 5.92 Å². The lowest BCUT2D eigenvalue weighted by atomic mass is 10.0. The number of H-pyrrole nitrogens is 1. The maximum absolute atomic E-state index is 12.7. The molecule has 3 atom stereocenters. The summed E-state index contributed by atoms with van der Waals surface area (Å²) in [5.41, 5.74) is 1.70. The van der Waals surface area contributed by atoms with Gasteiger partial charge >= 0.3 is 6.18 Å². The van der Waals surface area contributed by atoms with E-state index >= 15 is 0 Å². The standard InChI is InChI=1S/C23H24F3N5O/c24-23(25,26)20-8-7-16(12-27-20)31-9-3-4-15(13-31)28-21(32)11-14-10-17(14)22-29-18-5-1-2-6-19(18)30-22/h1-2,5-8,12,14-15,17H,3-4,9-11,13H2,(H,28,32)(H,29,30)/t14-,15+,17-/m0/s1. The summed E-state index contributed by atoms with van der Waals surface area (Å²) in [6.07, 6.45) is -0.0680. The molecule has 0 radical (unpaired) electrons. The van der Waals surface area contributed by atoms with Crippen LogP contribution in [0.5, 0.6) is 0 Å². The highest BCUT2D eigenvalue weighted by Crippen LogP contribution is 2.48. The number of anilines is 1. The topological polar surface area (TPSA) is 73.9 Å². The van der Waals surface area contributed by atoms with Gasteiger partial charge in [-0.1, -0.05) is 12.1 Å². The molecule has 3 aromatic rings. The van der Waals surface area contributed by atoms with Crippen LogP contribution in [0.1, 0.15) is 43.1 Å². The first kappa shape index (κ1) is 20.8. The van der Waals surface area contributed by atoms with Crippen molar-refractivity contribution in [1.29, 1.82) is 0 Å². The number of hydrogen-bond acceptors (Lipinski definition) is 4. The summed E-state index contributed by atoms with van der Waals surface area (Å²) in [7, 11) is 0. The molecule has 168 valence electrons. The Kier molecular flexibility index (Phi) is 5.27. The van der Waals surface area contributed by atoms with Crippen LogP contribution in [0.25, 0.3) is 11.0 Å². The van der Waals surface area contributed by atoms with E-state index in [9.17, 15) is 18.0 Å². The molecule has 1 saturated carbocycles. The Balaban J connectivity index is 1.14. The van der Waals surface area contributed by atoms with Gasteiger partial charge in [-0.2, -0.15) is 13.2 Å². The first-order chi connectivity index (χ1) is 15.4. The van der Waals surface area contributed by atoms with E-state index in [4.69, 9.17) is 0 Å². The summed E-state index contributed by atoms with van der Waals surface area (Å²) < 4.78 is 38.2. The number of piperidine rings is 1. The molecule has 1 amide bonds. The van der Waals surface area contributed by atoms with Gasteiger partial charge in [-0.15, -0.1) is 0 Å². The summed E-state index contributed by atoms with van der Waals surface area (Å²) in [5, 5.41) is 3.11. The highest BCUT2D eigenvalue weighted by molar-refractivity contribution is 5.78. The van der Waals surface area contributed by atoms with Crippen molar-refractivity contribution in [2.75, 3.05) is 18.0 Å². The highest BCUT2D eigenvalue weighted by Gasteiger charge is 2.42. The maximum atomic E-state index is 12.7. The van der Waals surface area contributed by atoms with Crippen LogP contribution in [0.15, 0.2) is 42.6 Å². The maximum Gasteiger partial charge on any atom is 0.433 e. The predicted octanol–water partition coefficient (Wildman–Crippen LogP) is 4.26. The second-order valence-electron chi connectivity index (χ2n) is 8.70. The molecule has 1 saturated heterocycles. The average Bonchev–Trinajstić information content (AvgIpc) is 3.39. The summed E-state index contributed by atoms with van der Waals surface area (Å²) in [5.74, 6) is 1.54. The lowest BCUT2D eigenvalue weighted by molar-refractivity contribution is -0.141. The molecule has 1 aliphatic carbocycles. The Labute approximate surface area is 183 Å². The minimum Gasteiger partial charge on any atom is -0.368 e. The van der Waals surface area contributed by atoms with E-state index in [2.05, 4.69) is 20.3 Å². The largest absolute Gasteiger partial charge is 0.433 e. The zero-order valence-corrected chi connectivity index (χ0v) is 17.4. The Morgan fingerprint density at radius 1 is 1.22 bits per heavy atom. The van der Waals surface area contributed by atoms with Gasteiger partial charge < -0.3 is 15.2 Å². The van der Waals surface area contributed by atoms with E-state index in [-0.39, 0.29) is 23.8 Å². The summed E-state index contributed by atoms with van der Waals surface area (Å²) in [6, 6.07) is 10.3. The molecule has 2 N–H and O–H groups in total. The van der Waals surface area contributed by atoms with Gasteiger partial charge in [0.2, 0.25) is 5.91 Å². The number of pyridine rings is 1. The van der Waals surface area contributed by atoms with E-state index in [1.54, 1.807) is 0 Å². The number of imidazole rings is 1. The van der Waals surface area contributed by atoms with Crippen LogP contribution in [-0.4, -0.2) is 40.0 Å². The Morgan fingerprint density at radius 3 is 2.81 bits per heavy atom. The summed E-state index contributed by atoms with van der Waals surface area (Å²) in [4.78, 5) is 26.1. The number of nitrogens with one attached hydrogen (secondary N) is 2. The van der Waals surface area contributed by atoms with Crippen molar-refractivity contribution in [2.24, 2.45) is 5.92 Å². The van der Waals surface area contributed by atoms with Crippen molar-refractivity contribution >= 4 is 22.6 Å². The number of alkyl halides is 3. The van der Waals surface area contributed by atoms with Gasteiger partial charge in [0.05, 0.1) is 22.9 Å². The van der Waals surface area contributed by atoms with Crippen molar-refractivity contribution in [1.82, 2.24) is 20.3 Å². The molecule has 0 unspecified atom stereocenters. The van der Waals surface area contributed by atoms with Crippen LogP contribution in [0.3, 0.4) is 0 Å². The molecule has 1 aromatic carbocycles. The second kappa shape index (κ2) is 8.11. The molecule has 3 heterocycles. The van der Waals surface area contributed by atoms with Crippen molar-refractivity contribution in [3.63, 3.8) is 0 Å². The molecule has 9 heteroatoms. The molecule has 2 aliphatic rings. The molecule has 32 heavy (non-hydrogen) atoms. The number of halogens is 3. The number of nitrogens with zero attached hydrogens (tertiary/aromatic N) is 3. The van der Waals surface area contributed by atoms with Gasteiger partial charge in [-0.3, -0.25) is 4.79 Å². The Hall–Kier alpha value is -3.10. The van der Waals surface area contributed by atoms with Gasteiger partial charge in [-0.05, 0) is 49.4 Å². The highest BCUT2D eigenvalue weighted by atomic mass is 19.4. The minimum absolute atomic E-state index is 0.0194. The van der Waals surface area contributed by atoms with Crippen molar-refractivity contribution in [3.05, 3.63) is 54.1 Å². The monoisotopic (exact) mass is 443 g/mol. The fourth-order valence-corrected chi connectivity index (χ4v) is 4.55. The third-order valence-electron chi connectivity index (χ3n) is 6.32. The van der Waals surface area contributed by atoms with Crippen molar-refractivity contribution in [2.45, 2.75) is 43.8 Å². The SMILES string of the molecule is O=C(C[C@@H]1C[C@@H]1c1nc2ccccc2[nH]1)N[C@@H]1CCCN(c2ccc(C(F)(F)F)nc2)C1. The normalized spacial score (nSPS) is 23.3. The third-order valence-corrected chi connectivity index (χ3v) is 6.32. The van der Waals surface area contributed by atoms with E-state index in [1.165, 1.54) is 12.3 Å². The summed E-state index contributed by atoms with van der Waals surface area (Å²) in [6.45, 7) is 1.30. The zero-order chi connectivity index (χ0) is 22.3. The lowest BCUT2D eigenvalue weighted by Crippen LogP contribution is -2.48.